The standard InChI is InChI=1S/C42H43N9O6S/c1-56-34-18-26(24-50-12-3-11-43-50)19-35-37(34)38(45-57-35)46-58-30-5-2-4-27(20-30)47-14-16-48(17-15-47)29-22-42(23-29)10-13-49(25-42)28-6-7-31-32(21-28)41(55)51(40(31)54)33-8-9-36(52)44-39(33)53/h2-7,11-12,18-21,29,33H,8-10,13-17,22-25H2,1H3,(H,45,46)(H,44,52,53). The summed E-state index contributed by atoms with van der Waals surface area (Å²) in [6.07, 6.45) is 7.33. The molecule has 58 heavy (non-hydrogen) atoms. The predicted molar refractivity (Wildman–Crippen MR) is 217 cm³/mol. The van der Waals surface area contributed by atoms with Crippen LogP contribution in [0, 0.1) is 5.41 Å². The third-order valence-electron chi connectivity index (χ3n) is 12.6. The number of rotatable bonds is 10. The van der Waals surface area contributed by atoms with Gasteiger partial charge in [0, 0.05) is 80.4 Å². The molecular weight excluding hydrogens is 759 g/mol. The molecule has 6 heterocycles. The fourth-order valence-electron chi connectivity index (χ4n) is 9.53. The lowest BCUT2D eigenvalue weighted by molar-refractivity contribution is -0.136. The van der Waals surface area contributed by atoms with Gasteiger partial charge < -0.3 is 23.8 Å². The van der Waals surface area contributed by atoms with Crippen molar-refractivity contribution in [1.29, 1.82) is 0 Å². The molecule has 2 aromatic heterocycles. The average molecular weight is 802 g/mol. The van der Waals surface area contributed by atoms with E-state index in [-0.39, 0.29) is 24.2 Å². The number of ether oxygens (including phenoxy) is 1. The first kappa shape index (κ1) is 36.5. The van der Waals surface area contributed by atoms with Crippen LogP contribution in [-0.2, 0) is 16.1 Å². The number of imide groups is 2. The summed E-state index contributed by atoms with van der Waals surface area (Å²) in [6.45, 7) is 6.36. The van der Waals surface area contributed by atoms with Crippen LogP contribution in [0.15, 0.2) is 82.5 Å². The highest BCUT2D eigenvalue weighted by molar-refractivity contribution is 8.00. The van der Waals surface area contributed by atoms with Crippen LogP contribution in [0.4, 0.5) is 17.2 Å². The van der Waals surface area contributed by atoms with E-state index in [1.54, 1.807) is 19.4 Å². The van der Waals surface area contributed by atoms with Crippen LogP contribution in [0.3, 0.4) is 0 Å². The van der Waals surface area contributed by atoms with E-state index in [9.17, 15) is 19.2 Å². The van der Waals surface area contributed by atoms with Gasteiger partial charge in [0.2, 0.25) is 11.8 Å². The Bertz CT molecular complexity index is 2440. The summed E-state index contributed by atoms with van der Waals surface area (Å²) in [5.41, 5.74) is 4.68. The van der Waals surface area contributed by atoms with Crippen LogP contribution in [-0.4, -0.2) is 107 Å². The van der Waals surface area contributed by atoms with Gasteiger partial charge in [-0.2, -0.15) is 5.10 Å². The van der Waals surface area contributed by atoms with E-state index in [0.29, 0.717) is 40.9 Å². The maximum absolute atomic E-state index is 13.4. The summed E-state index contributed by atoms with van der Waals surface area (Å²) in [5, 5.41) is 11.7. The number of piperazine rings is 1. The number of amides is 4. The molecule has 298 valence electrons. The fraction of sp³-hybridized carbons (Fsp3) is 0.381. The zero-order valence-electron chi connectivity index (χ0n) is 32.1. The largest absolute Gasteiger partial charge is 0.496 e. The van der Waals surface area contributed by atoms with Crippen LogP contribution in [0.5, 0.6) is 5.75 Å². The zero-order chi connectivity index (χ0) is 39.5. The lowest BCUT2D eigenvalue weighted by Crippen LogP contribution is -2.57. The number of aromatic nitrogens is 3. The zero-order valence-corrected chi connectivity index (χ0v) is 32.9. The molecule has 1 atom stereocenters. The van der Waals surface area contributed by atoms with E-state index in [2.05, 4.69) is 59.3 Å². The smallest absolute Gasteiger partial charge is 0.262 e. The average Bonchev–Trinajstić information content (AvgIpc) is 4.04. The van der Waals surface area contributed by atoms with Crippen molar-refractivity contribution in [2.45, 2.75) is 55.6 Å². The van der Waals surface area contributed by atoms with Gasteiger partial charge in [0.1, 0.15) is 17.2 Å². The molecule has 15 nitrogen and oxygen atoms in total. The Labute approximate surface area is 338 Å². The molecule has 5 aromatic rings. The minimum atomic E-state index is -0.962. The van der Waals surface area contributed by atoms with Crippen molar-refractivity contribution < 1.29 is 28.4 Å². The Morgan fingerprint density at radius 3 is 2.55 bits per heavy atom. The molecule has 10 rings (SSSR count). The molecule has 4 fully saturated rings. The van der Waals surface area contributed by atoms with E-state index in [1.165, 1.54) is 17.6 Å². The van der Waals surface area contributed by atoms with Crippen LogP contribution < -0.4 is 24.6 Å². The molecule has 16 heteroatoms. The molecule has 1 unspecified atom stereocenters. The Hall–Kier alpha value is -5.87. The van der Waals surface area contributed by atoms with Gasteiger partial charge >= 0.3 is 0 Å². The summed E-state index contributed by atoms with van der Waals surface area (Å²) in [4.78, 5) is 60.3. The second-order valence-corrected chi connectivity index (χ2v) is 16.9. The highest BCUT2D eigenvalue weighted by Crippen LogP contribution is 2.51. The van der Waals surface area contributed by atoms with Crippen molar-refractivity contribution in [3.05, 3.63) is 89.7 Å². The number of nitrogens with zero attached hydrogens (tertiary/aromatic N) is 7. The van der Waals surface area contributed by atoms with Crippen molar-refractivity contribution >= 4 is 63.7 Å². The maximum Gasteiger partial charge on any atom is 0.262 e. The number of methoxy groups -OCH3 is 1. The first-order chi connectivity index (χ1) is 28.2. The number of fused-ring (bicyclic) bond motifs is 2. The van der Waals surface area contributed by atoms with Crippen molar-refractivity contribution in [3.8, 4) is 5.75 Å². The van der Waals surface area contributed by atoms with E-state index >= 15 is 0 Å². The molecule has 4 amide bonds. The Morgan fingerprint density at radius 2 is 1.76 bits per heavy atom. The number of nitrogens with one attached hydrogen (secondary N) is 2. The molecule has 1 spiro atoms. The molecule has 2 N–H and O–H groups in total. The minimum absolute atomic E-state index is 0.102. The molecule has 5 aliphatic rings. The molecule has 3 saturated heterocycles. The first-order valence-corrected chi connectivity index (χ1v) is 20.6. The molecule has 4 aliphatic heterocycles. The maximum atomic E-state index is 13.4. The lowest BCUT2D eigenvalue weighted by Gasteiger charge is -2.52. The molecule has 1 saturated carbocycles. The van der Waals surface area contributed by atoms with E-state index in [0.717, 1.165) is 85.0 Å². The number of hydrogen-bond acceptors (Lipinski definition) is 13. The van der Waals surface area contributed by atoms with E-state index < -0.39 is 23.8 Å². The molecule has 0 radical (unpaired) electrons. The molecule has 1 aliphatic carbocycles. The molecular formula is C42H43N9O6S. The van der Waals surface area contributed by atoms with E-state index in [4.69, 9.17) is 9.26 Å². The van der Waals surface area contributed by atoms with Gasteiger partial charge in [0.15, 0.2) is 11.4 Å². The summed E-state index contributed by atoms with van der Waals surface area (Å²) < 4.78 is 16.7. The lowest BCUT2D eigenvalue weighted by atomic mass is 9.64. The summed E-state index contributed by atoms with van der Waals surface area (Å²) >= 11 is 1.50. The third-order valence-corrected chi connectivity index (χ3v) is 13.3. The van der Waals surface area contributed by atoms with Gasteiger partial charge in [-0.15, -0.1) is 0 Å². The van der Waals surface area contributed by atoms with Crippen LogP contribution in [0.25, 0.3) is 11.0 Å². The Morgan fingerprint density at radius 1 is 0.931 bits per heavy atom. The molecule has 0 bridgehead atoms. The number of anilines is 3. The number of carbonyl (C=O) groups excluding carboxylic acids is 4. The minimum Gasteiger partial charge on any atom is -0.496 e. The van der Waals surface area contributed by atoms with Gasteiger partial charge in [0.25, 0.3) is 11.8 Å². The van der Waals surface area contributed by atoms with E-state index in [1.807, 2.05) is 41.2 Å². The van der Waals surface area contributed by atoms with Gasteiger partial charge in [-0.05, 0) is 103 Å². The topological polar surface area (TPSA) is 158 Å². The highest BCUT2D eigenvalue weighted by atomic mass is 32.2. The van der Waals surface area contributed by atoms with Crippen LogP contribution in [0.2, 0.25) is 0 Å². The fourth-order valence-corrected chi connectivity index (χ4v) is 10.2. The monoisotopic (exact) mass is 801 g/mol. The van der Waals surface area contributed by atoms with Crippen molar-refractivity contribution in [2.75, 3.05) is 60.9 Å². The van der Waals surface area contributed by atoms with Crippen LogP contribution in [0.1, 0.15) is 58.4 Å². The number of hydrogen-bond donors (Lipinski definition) is 2. The number of carbonyl (C=O) groups is 4. The van der Waals surface area contributed by atoms with Gasteiger partial charge in [0.05, 0.1) is 24.8 Å². The quantitative estimate of drug-likeness (QED) is 0.147. The third kappa shape index (κ3) is 6.53. The van der Waals surface area contributed by atoms with Gasteiger partial charge in [-0.25, -0.2) is 0 Å². The number of piperidine rings is 1. The van der Waals surface area contributed by atoms with Crippen molar-refractivity contribution in [2.24, 2.45) is 5.41 Å². The van der Waals surface area contributed by atoms with Gasteiger partial charge in [-0.3, -0.25) is 39.0 Å². The number of benzene rings is 3. The van der Waals surface area contributed by atoms with Crippen molar-refractivity contribution in [3.63, 3.8) is 0 Å². The van der Waals surface area contributed by atoms with Crippen molar-refractivity contribution in [1.82, 2.24) is 30.1 Å². The summed E-state index contributed by atoms with van der Waals surface area (Å²) in [6, 6.07) is 19.5. The second-order valence-electron chi connectivity index (χ2n) is 16.0. The highest BCUT2D eigenvalue weighted by Gasteiger charge is 2.51. The summed E-state index contributed by atoms with van der Waals surface area (Å²) in [5.74, 6) is -0.610. The SMILES string of the molecule is COc1cc(Cn2cccn2)cc2onc(NSc3cccc(N4CCN(C5CC6(CCN(c7ccc8c(c7)C(=O)N(C7CCC(=O)NC7=O)C8=O)C6)C5)CC4)c3)c12. The first-order valence-electron chi connectivity index (χ1n) is 19.8. The predicted octanol–water partition coefficient (Wildman–Crippen LogP) is 4.78. The summed E-state index contributed by atoms with van der Waals surface area (Å²) in [7, 11) is 1.65. The Kier molecular flexibility index (Phi) is 9.12. The Balaban J connectivity index is 0.720. The normalized spacial score (nSPS) is 23.5. The second kappa shape index (κ2) is 14.5. The van der Waals surface area contributed by atoms with Gasteiger partial charge in [-0.1, -0.05) is 11.2 Å². The molecule has 3 aromatic carbocycles. The van der Waals surface area contributed by atoms with Crippen LogP contribution >= 0.6 is 11.9 Å².